The summed E-state index contributed by atoms with van der Waals surface area (Å²) in [6, 6.07) is 26.7. The molecule has 0 bridgehead atoms. The second-order valence-electron chi connectivity index (χ2n) is 6.65. The smallest absolute Gasteiger partial charge is 0.173 e. The van der Waals surface area contributed by atoms with Gasteiger partial charge in [0.1, 0.15) is 11.4 Å². The highest BCUT2D eigenvalue weighted by atomic mass is 16.3. The number of phenols is 1. The Kier molecular flexibility index (Phi) is 5.29. The minimum absolute atomic E-state index is 0.193. The number of hydrogen-bond acceptors (Lipinski definition) is 4. The summed E-state index contributed by atoms with van der Waals surface area (Å²) in [4.78, 5) is 9.43. The number of benzene rings is 3. The van der Waals surface area contributed by atoms with E-state index in [9.17, 15) is 5.11 Å². The molecular weight excluding hydrogens is 360 g/mol. The molecule has 2 N–H and O–H groups in total. The predicted molar refractivity (Wildman–Crippen MR) is 118 cm³/mol. The first-order valence-corrected chi connectivity index (χ1v) is 9.27. The van der Waals surface area contributed by atoms with Gasteiger partial charge in [0, 0.05) is 5.39 Å². The Labute approximate surface area is 169 Å². The summed E-state index contributed by atoms with van der Waals surface area (Å²) >= 11 is 0. The maximum absolute atomic E-state index is 9.60. The summed E-state index contributed by atoms with van der Waals surface area (Å²) in [7, 11) is 0. The highest BCUT2D eigenvalue weighted by molar-refractivity contribution is 6.00. The minimum Gasteiger partial charge on any atom is -0.508 e. The highest BCUT2D eigenvalue weighted by Gasteiger charge is 2.06. The van der Waals surface area contributed by atoms with E-state index in [0.29, 0.717) is 11.5 Å². The van der Waals surface area contributed by atoms with E-state index in [2.05, 4.69) is 10.5 Å². The second-order valence-corrected chi connectivity index (χ2v) is 6.65. The zero-order valence-corrected chi connectivity index (χ0v) is 15.9. The number of hydrogen-bond donors (Lipinski definition) is 2. The van der Waals surface area contributed by atoms with Crippen LogP contribution in [-0.2, 0) is 0 Å². The molecule has 0 amide bonds. The quantitative estimate of drug-likeness (QED) is 0.299. The molecule has 0 aliphatic heterocycles. The van der Waals surface area contributed by atoms with Crippen LogP contribution in [-0.4, -0.2) is 22.1 Å². The van der Waals surface area contributed by atoms with Crippen LogP contribution in [0.2, 0.25) is 0 Å². The van der Waals surface area contributed by atoms with Gasteiger partial charge < -0.3 is 5.11 Å². The van der Waals surface area contributed by atoms with Crippen molar-refractivity contribution in [2.24, 2.45) is 10.1 Å². The van der Waals surface area contributed by atoms with Gasteiger partial charge in [0.15, 0.2) is 5.84 Å². The van der Waals surface area contributed by atoms with Gasteiger partial charge in [-0.1, -0.05) is 54.1 Å². The van der Waals surface area contributed by atoms with Crippen LogP contribution in [0.3, 0.4) is 0 Å². The van der Waals surface area contributed by atoms with Gasteiger partial charge in [-0.15, -0.1) is 0 Å². The van der Waals surface area contributed by atoms with Crippen LogP contribution >= 0.6 is 0 Å². The molecule has 29 heavy (non-hydrogen) atoms. The van der Waals surface area contributed by atoms with E-state index < -0.39 is 0 Å². The molecule has 0 saturated heterocycles. The molecule has 142 valence electrons. The fourth-order valence-corrected chi connectivity index (χ4v) is 2.86. The van der Waals surface area contributed by atoms with Crippen molar-refractivity contribution in [3.05, 3.63) is 102 Å². The van der Waals surface area contributed by atoms with Crippen molar-refractivity contribution in [2.45, 2.75) is 6.92 Å². The molecule has 1 heterocycles. The minimum atomic E-state index is 0.193. The number of amidine groups is 1. The topological polar surface area (TPSA) is 69.9 Å². The number of hydrazone groups is 1. The summed E-state index contributed by atoms with van der Waals surface area (Å²) < 4.78 is 0. The predicted octanol–water partition coefficient (Wildman–Crippen LogP) is 4.95. The molecule has 0 fully saturated rings. The fourth-order valence-electron chi connectivity index (χ4n) is 2.86. The normalized spacial score (nSPS) is 11.8. The number of para-hydroxylation sites is 1. The Bertz CT molecular complexity index is 1200. The van der Waals surface area contributed by atoms with E-state index in [-0.39, 0.29) is 5.75 Å². The van der Waals surface area contributed by atoms with Crippen molar-refractivity contribution >= 4 is 28.6 Å². The van der Waals surface area contributed by atoms with E-state index in [0.717, 1.165) is 22.2 Å². The molecule has 5 nitrogen and oxygen atoms in total. The maximum Gasteiger partial charge on any atom is 0.173 e. The number of rotatable bonds is 4. The fraction of sp³-hybridized carbons (Fsp3) is 0.0417. The molecule has 0 spiro atoms. The van der Waals surface area contributed by atoms with Gasteiger partial charge in [-0.2, -0.15) is 5.10 Å². The number of fused-ring (bicyclic) bond motifs is 1. The van der Waals surface area contributed by atoms with Crippen molar-refractivity contribution in [3.8, 4) is 5.75 Å². The Balaban J connectivity index is 1.68. The third-order valence-corrected chi connectivity index (χ3v) is 4.37. The molecule has 0 aliphatic rings. The van der Waals surface area contributed by atoms with Crippen LogP contribution in [0.25, 0.3) is 10.9 Å². The third kappa shape index (κ3) is 4.65. The lowest BCUT2D eigenvalue weighted by molar-refractivity contribution is 0.475. The standard InChI is InChI=1S/C24H20N4O/c1-17-9-12-20(13-10-17)26-24(28-25-16-18-5-4-7-21(29)15-18)23-14-11-19-6-2-3-8-22(19)27-23/h2-16,29H,1H3,(H,26,28)/b25-16+. The molecule has 0 aliphatic carbocycles. The molecule has 3 aromatic carbocycles. The van der Waals surface area contributed by atoms with Crippen molar-refractivity contribution in [3.63, 3.8) is 0 Å². The van der Waals surface area contributed by atoms with Crippen LogP contribution in [0.15, 0.2) is 95.0 Å². The lowest BCUT2D eigenvalue weighted by Gasteiger charge is -2.07. The Morgan fingerprint density at radius 2 is 1.76 bits per heavy atom. The lowest BCUT2D eigenvalue weighted by Crippen LogP contribution is -2.20. The monoisotopic (exact) mass is 380 g/mol. The Morgan fingerprint density at radius 3 is 2.59 bits per heavy atom. The van der Waals surface area contributed by atoms with Crippen LogP contribution < -0.4 is 5.43 Å². The van der Waals surface area contributed by atoms with E-state index in [1.54, 1.807) is 24.4 Å². The first kappa shape index (κ1) is 18.4. The van der Waals surface area contributed by atoms with E-state index >= 15 is 0 Å². The van der Waals surface area contributed by atoms with Crippen LogP contribution in [0, 0.1) is 6.92 Å². The van der Waals surface area contributed by atoms with E-state index in [4.69, 9.17) is 9.98 Å². The Hall–Kier alpha value is -3.99. The van der Waals surface area contributed by atoms with Gasteiger partial charge >= 0.3 is 0 Å². The molecule has 0 saturated carbocycles. The molecule has 4 aromatic rings. The van der Waals surface area contributed by atoms with Gasteiger partial charge in [-0.3, -0.25) is 5.43 Å². The lowest BCUT2D eigenvalue weighted by atomic mass is 10.2. The molecule has 4 rings (SSSR count). The van der Waals surface area contributed by atoms with Crippen molar-refractivity contribution in [1.82, 2.24) is 10.4 Å². The largest absolute Gasteiger partial charge is 0.508 e. The van der Waals surface area contributed by atoms with Crippen LogP contribution in [0.1, 0.15) is 16.8 Å². The number of aryl methyl sites for hydroxylation is 1. The number of aromatic hydroxyl groups is 1. The Morgan fingerprint density at radius 1 is 0.931 bits per heavy atom. The highest BCUT2D eigenvalue weighted by Crippen LogP contribution is 2.16. The number of aromatic nitrogens is 1. The van der Waals surface area contributed by atoms with Crippen molar-refractivity contribution in [1.29, 1.82) is 0 Å². The molecule has 0 radical (unpaired) electrons. The maximum atomic E-state index is 9.60. The van der Waals surface area contributed by atoms with Gasteiger partial charge in [0.2, 0.25) is 0 Å². The molecule has 1 aromatic heterocycles. The zero-order valence-electron chi connectivity index (χ0n) is 15.9. The van der Waals surface area contributed by atoms with Crippen molar-refractivity contribution in [2.75, 3.05) is 0 Å². The summed E-state index contributed by atoms with van der Waals surface area (Å²) in [5, 5.41) is 15.0. The molecular formula is C24H20N4O. The average Bonchev–Trinajstić information content (AvgIpc) is 2.74. The van der Waals surface area contributed by atoms with Gasteiger partial charge in [-0.25, -0.2) is 9.98 Å². The van der Waals surface area contributed by atoms with Crippen molar-refractivity contribution < 1.29 is 5.11 Å². The van der Waals surface area contributed by atoms with Crippen LogP contribution in [0.5, 0.6) is 5.75 Å². The van der Waals surface area contributed by atoms with E-state index in [1.165, 1.54) is 5.56 Å². The van der Waals surface area contributed by atoms with Gasteiger partial charge in [0.25, 0.3) is 0 Å². The first-order chi connectivity index (χ1) is 14.2. The molecule has 0 unspecified atom stereocenters. The summed E-state index contributed by atoms with van der Waals surface area (Å²) in [6.07, 6.45) is 1.63. The third-order valence-electron chi connectivity index (χ3n) is 4.37. The second kappa shape index (κ2) is 8.35. The number of nitrogens with one attached hydrogen (secondary N) is 1. The number of nitrogens with zero attached hydrogens (tertiary/aromatic N) is 3. The number of pyridine rings is 1. The van der Waals surface area contributed by atoms with Gasteiger partial charge in [-0.05, 0) is 48.9 Å². The van der Waals surface area contributed by atoms with Crippen LogP contribution in [0.4, 0.5) is 5.69 Å². The number of aliphatic imine (C=N–C) groups is 1. The SMILES string of the molecule is Cc1ccc(N=C(N/N=C/c2cccc(O)c2)c2ccc3ccccc3n2)cc1. The molecule has 5 heteroatoms. The zero-order chi connectivity index (χ0) is 20.1. The average molecular weight is 380 g/mol. The first-order valence-electron chi connectivity index (χ1n) is 9.27. The summed E-state index contributed by atoms with van der Waals surface area (Å²) in [5.41, 5.74) is 7.34. The van der Waals surface area contributed by atoms with E-state index in [1.807, 2.05) is 73.7 Å². The molecule has 0 atom stereocenters. The van der Waals surface area contributed by atoms with Gasteiger partial charge in [0.05, 0.1) is 17.4 Å². The summed E-state index contributed by atoms with van der Waals surface area (Å²) in [5.74, 6) is 0.731. The summed E-state index contributed by atoms with van der Waals surface area (Å²) in [6.45, 7) is 2.04. The number of phenolic OH excluding ortho intramolecular Hbond substituents is 1.